The van der Waals surface area contributed by atoms with E-state index >= 15 is 0 Å². The van der Waals surface area contributed by atoms with E-state index in [2.05, 4.69) is 14.6 Å². The van der Waals surface area contributed by atoms with Crippen molar-refractivity contribution >= 4 is 22.4 Å². The summed E-state index contributed by atoms with van der Waals surface area (Å²) in [6.07, 6.45) is 2.43. The van der Waals surface area contributed by atoms with Crippen LogP contribution >= 0.6 is 11.3 Å². The highest BCUT2D eigenvalue weighted by Gasteiger charge is 2.17. The van der Waals surface area contributed by atoms with E-state index in [0.717, 1.165) is 18.2 Å². The molecular formula is C9H12N2O2S. The standard InChI is InChI=1S/C9H12N2O2S/c1-13-8(12)7-6-14-9(10-7)11-4-2-3-5-11/h6H,2-5H2,1H3. The van der Waals surface area contributed by atoms with Crippen LogP contribution in [0.15, 0.2) is 5.38 Å². The number of methoxy groups -OCH3 is 1. The first-order valence-corrected chi connectivity index (χ1v) is 5.48. The minimum atomic E-state index is -0.355. The van der Waals surface area contributed by atoms with Gasteiger partial charge in [-0.2, -0.15) is 0 Å². The molecule has 0 radical (unpaired) electrons. The van der Waals surface area contributed by atoms with Gasteiger partial charge in [0.1, 0.15) is 0 Å². The Balaban J connectivity index is 2.12. The van der Waals surface area contributed by atoms with Gasteiger partial charge in [-0.1, -0.05) is 0 Å². The van der Waals surface area contributed by atoms with Gasteiger partial charge in [0.15, 0.2) is 10.8 Å². The molecule has 0 aliphatic carbocycles. The van der Waals surface area contributed by atoms with Crippen molar-refractivity contribution in [2.24, 2.45) is 0 Å². The molecule has 2 heterocycles. The van der Waals surface area contributed by atoms with Crippen LogP contribution in [0, 0.1) is 0 Å². The molecule has 0 N–H and O–H groups in total. The van der Waals surface area contributed by atoms with E-state index in [4.69, 9.17) is 0 Å². The predicted octanol–water partition coefficient (Wildman–Crippen LogP) is 1.53. The lowest BCUT2D eigenvalue weighted by Gasteiger charge is -2.11. The molecule has 4 nitrogen and oxygen atoms in total. The summed E-state index contributed by atoms with van der Waals surface area (Å²) in [7, 11) is 1.37. The van der Waals surface area contributed by atoms with Crippen LogP contribution < -0.4 is 4.90 Å². The number of carbonyl (C=O) groups excluding carboxylic acids is 1. The van der Waals surface area contributed by atoms with Crippen molar-refractivity contribution in [3.8, 4) is 0 Å². The van der Waals surface area contributed by atoms with Crippen molar-refractivity contribution in [1.29, 1.82) is 0 Å². The fourth-order valence-corrected chi connectivity index (χ4v) is 2.36. The van der Waals surface area contributed by atoms with Crippen LogP contribution in [-0.2, 0) is 4.74 Å². The van der Waals surface area contributed by atoms with Crippen LogP contribution in [0.4, 0.5) is 5.13 Å². The summed E-state index contributed by atoms with van der Waals surface area (Å²) in [6.45, 7) is 2.10. The Morgan fingerprint density at radius 1 is 1.57 bits per heavy atom. The summed E-state index contributed by atoms with van der Waals surface area (Å²) in [5, 5.41) is 2.68. The molecule has 0 spiro atoms. The van der Waals surface area contributed by atoms with Gasteiger partial charge < -0.3 is 9.64 Å². The summed E-state index contributed by atoms with van der Waals surface area (Å²) in [4.78, 5) is 17.6. The number of hydrogen-bond acceptors (Lipinski definition) is 5. The number of ether oxygens (including phenoxy) is 1. The van der Waals surface area contributed by atoms with Crippen molar-refractivity contribution in [1.82, 2.24) is 4.98 Å². The molecule has 0 unspecified atom stereocenters. The second kappa shape index (κ2) is 3.96. The maximum Gasteiger partial charge on any atom is 0.357 e. The van der Waals surface area contributed by atoms with Gasteiger partial charge in [-0.15, -0.1) is 11.3 Å². The van der Waals surface area contributed by atoms with Crippen LogP contribution in [0.5, 0.6) is 0 Å². The fraction of sp³-hybridized carbons (Fsp3) is 0.556. The van der Waals surface area contributed by atoms with Gasteiger partial charge in [-0.25, -0.2) is 9.78 Å². The normalized spacial score (nSPS) is 15.9. The molecule has 1 aromatic heterocycles. The number of thiazole rings is 1. The Morgan fingerprint density at radius 3 is 2.93 bits per heavy atom. The fourth-order valence-electron chi connectivity index (χ4n) is 1.52. The molecule has 0 aromatic carbocycles. The number of aromatic nitrogens is 1. The van der Waals surface area contributed by atoms with Gasteiger partial charge in [-0.05, 0) is 12.8 Å². The average Bonchev–Trinajstić information content (AvgIpc) is 2.86. The van der Waals surface area contributed by atoms with Crippen molar-refractivity contribution in [2.45, 2.75) is 12.8 Å². The van der Waals surface area contributed by atoms with Crippen LogP contribution in [0.25, 0.3) is 0 Å². The molecule has 1 aliphatic rings. The number of nitrogens with zero attached hydrogens (tertiary/aromatic N) is 2. The van der Waals surface area contributed by atoms with E-state index in [1.807, 2.05) is 0 Å². The third-order valence-corrected chi connectivity index (χ3v) is 3.16. The van der Waals surface area contributed by atoms with Gasteiger partial charge in [0.25, 0.3) is 0 Å². The molecule has 1 fully saturated rings. The summed E-state index contributed by atoms with van der Waals surface area (Å²) in [5.41, 5.74) is 0.416. The maximum atomic E-state index is 11.1. The Bertz CT molecular complexity index is 331. The van der Waals surface area contributed by atoms with Crippen molar-refractivity contribution < 1.29 is 9.53 Å². The molecule has 2 rings (SSSR count). The first-order chi connectivity index (χ1) is 6.81. The SMILES string of the molecule is COC(=O)c1csc(N2CCCC2)n1. The van der Waals surface area contributed by atoms with Gasteiger partial charge in [0.05, 0.1) is 7.11 Å². The van der Waals surface area contributed by atoms with E-state index in [9.17, 15) is 4.79 Å². The van der Waals surface area contributed by atoms with Crippen LogP contribution in [0.2, 0.25) is 0 Å². The second-order valence-corrected chi connectivity index (χ2v) is 4.04. The highest BCUT2D eigenvalue weighted by molar-refractivity contribution is 7.13. The Hall–Kier alpha value is -1.10. The molecule has 14 heavy (non-hydrogen) atoms. The molecule has 0 saturated carbocycles. The van der Waals surface area contributed by atoms with Gasteiger partial charge in [-0.3, -0.25) is 0 Å². The first-order valence-electron chi connectivity index (χ1n) is 4.60. The number of hydrogen-bond donors (Lipinski definition) is 0. The molecular weight excluding hydrogens is 200 g/mol. The Morgan fingerprint density at radius 2 is 2.29 bits per heavy atom. The van der Waals surface area contributed by atoms with Crippen molar-refractivity contribution in [2.75, 3.05) is 25.1 Å². The third-order valence-electron chi connectivity index (χ3n) is 2.26. The van der Waals surface area contributed by atoms with Gasteiger partial charge >= 0.3 is 5.97 Å². The molecule has 1 saturated heterocycles. The number of esters is 1. The summed E-state index contributed by atoms with van der Waals surface area (Å²) in [6, 6.07) is 0. The third kappa shape index (κ3) is 1.72. The summed E-state index contributed by atoms with van der Waals surface area (Å²) >= 11 is 1.50. The lowest BCUT2D eigenvalue weighted by atomic mass is 10.4. The minimum Gasteiger partial charge on any atom is -0.464 e. The Kier molecular flexibility index (Phi) is 2.67. The van der Waals surface area contributed by atoms with Crippen molar-refractivity contribution in [3.63, 3.8) is 0 Å². The smallest absolute Gasteiger partial charge is 0.357 e. The minimum absolute atomic E-state index is 0.355. The monoisotopic (exact) mass is 212 g/mol. The molecule has 0 bridgehead atoms. The zero-order chi connectivity index (χ0) is 9.97. The molecule has 0 amide bonds. The predicted molar refractivity (Wildman–Crippen MR) is 54.9 cm³/mol. The van der Waals surface area contributed by atoms with E-state index in [0.29, 0.717) is 5.69 Å². The number of anilines is 1. The maximum absolute atomic E-state index is 11.1. The van der Waals surface area contributed by atoms with Crippen molar-refractivity contribution in [3.05, 3.63) is 11.1 Å². The van der Waals surface area contributed by atoms with Crippen LogP contribution in [0.3, 0.4) is 0 Å². The second-order valence-electron chi connectivity index (χ2n) is 3.20. The number of carbonyl (C=O) groups is 1. The Labute approximate surface area is 86.5 Å². The quantitative estimate of drug-likeness (QED) is 0.697. The highest BCUT2D eigenvalue weighted by atomic mass is 32.1. The lowest BCUT2D eigenvalue weighted by Crippen LogP contribution is -2.17. The topological polar surface area (TPSA) is 42.4 Å². The average molecular weight is 212 g/mol. The number of rotatable bonds is 2. The zero-order valence-electron chi connectivity index (χ0n) is 8.02. The summed E-state index contributed by atoms with van der Waals surface area (Å²) < 4.78 is 4.60. The van der Waals surface area contributed by atoms with E-state index in [-0.39, 0.29) is 5.97 Å². The first kappa shape index (κ1) is 9.45. The molecule has 0 atom stereocenters. The largest absolute Gasteiger partial charge is 0.464 e. The van der Waals surface area contributed by atoms with E-state index in [1.165, 1.54) is 31.3 Å². The van der Waals surface area contributed by atoms with E-state index < -0.39 is 0 Å². The molecule has 1 aromatic rings. The zero-order valence-corrected chi connectivity index (χ0v) is 8.84. The molecule has 76 valence electrons. The molecule has 1 aliphatic heterocycles. The highest BCUT2D eigenvalue weighted by Crippen LogP contribution is 2.24. The summed E-state index contributed by atoms with van der Waals surface area (Å²) in [5.74, 6) is -0.355. The van der Waals surface area contributed by atoms with Crippen LogP contribution in [0.1, 0.15) is 23.3 Å². The molecule has 5 heteroatoms. The van der Waals surface area contributed by atoms with Gasteiger partial charge in [0, 0.05) is 18.5 Å². The lowest BCUT2D eigenvalue weighted by molar-refractivity contribution is 0.0595. The van der Waals surface area contributed by atoms with E-state index in [1.54, 1.807) is 5.38 Å². The van der Waals surface area contributed by atoms with Gasteiger partial charge in [0.2, 0.25) is 0 Å². The van der Waals surface area contributed by atoms with Crippen LogP contribution in [-0.4, -0.2) is 31.2 Å².